The van der Waals surface area contributed by atoms with E-state index in [9.17, 15) is 14.1 Å². The molecule has 1 aliphatic carbocycles. The minimum absolute atomic E-state index is 0.0985. The fourth-order valence-electron chi connectivity index (χ4n) is 2.52. The lowest BCUT2D eigenvalue weighted by Crippen LogP contribution is -2.46. The van der Waals surface area contributed by atoms with Crippen molar-refractivity contribution in [2.24, 2.45) is 0 Å². The Balaban J connectivity index is 2.39. The number of hydrogen-bond donors (Lipinski definition) is 2. The van der Waals surface area contributed by atoms with Crippen LogP contribution in [0.15, 0.2) is 0 Å². The molecule has 0 saturated heterocycles. The number of hydrogen-bond acceptors (Lipinski definition) is 3. The van der Waals surface area contributed by atoms with Gasteiger partial charge in [-0.05, 0) is 32.6 Å². The van der Waals surface area contributed by atoms with E-state index in [0.717, 1.165) is 25.7 Å². The van der Waals surface area contributed by atoms with Crippen LogP contribution in [-0.2, 0) is 10.8 Å². The van der Waals surface area contributed by atoms with Gasteiger partial charge in [-0.1, -0.05) is 13.3 Å². The van der Waals surface area contributed by atoms with Gasteiger partial charge in [0.2, 0.25) is 0 Å². The molecule has 1 saturated carbocycles. The number of rotatable bonds is 6. The van der Waals surface area contributed by atoms with Gasteiger partial charge in [-0.15, -0.1) is 0 Å². The van der Waals surface area contributed by atoms with Crippen LogP contribution in [0.5, 0.6) is 0 Å². The number of carbonyl (C=O) groups excluding carboxylic acids is 1. The Morgan fingerprint density at radius 2 is 2.20 bits per heavy atom. The van der Waals surface area contributed by atoms with Crippen molar-refractivity contribution in [1.29, 1.82) is 0 Å². The van der Waals surface area contributed by atoms with Crippen LogP contribution >= 0.6 is 0 Å². The van der Waals surface area contributed by atoms with Crippen molar-refractivity contribution in [3.8, 4) is 0 Å². The number of aliphatic hydroxyl groups is 1. The van der Waals surface area contributed by atoms with E-state index in [1.807, 2.05) is 6.92 Å². The fraction of sp³-hybridized carbons (Fsp3) is 0.929. The van der Waals surface area contributed by atoms with Gasteiger partial charge in [-0.25, -0.2) is 4.79 Å². The van der Waals surface area contributed by atoms with E-state index in [-0.39, 0.29) is 17.3 Å². The van der Waals surface area contributed by atoms with Gasteiger partial charge in [0.05, 0.1) is 6.10 Å². The molecule has 0 aliphatic heterocycles. The smallest absolute Gasteiger partial charge is 0.317 e. The summed E-state index contributed by atoms with van der Waals surface area (Å²) >= 11 is 0. The van der Waals surface area contributed by atoms with Gasteiger partial charge >= 0.3 is 6.03 Å². The Labute approximate surface area is 124 Å². The number of nitrogens with zero attached hydrogens (tertiary/aromatic N) is 1. The first-order chi connectivity index (χ1) is 9.43. The van der Waals surface area contributed by atoms with Crippen molar-refractivity contribution >= 4 is 16.8 Å². The van der Waals surface area contributed by atoms with Gasteiger partial charge in [0, 0.05) is 41.4 Å². The molecule has 4 unspecified atom stereocenters. The molecular weight excluding hydrogens is 276 g/mol. The van der Waals surface area contributed by atoms with Gasteiger partial charge in [0.1, 0.15) is 0 Å². The van der Waals surface area contributed by atoms with Crippen molar-refractivity contribution < 1.29 is 14.1 Å². The second kappa shape index (κ2) is 8.62. The lowest BCUT2D eigenvalue weighted by atomic mass is 9.95. The number of carbonyl (C=O) groups is 1. The summed E-state index contributed by atoms with van der Waals surface area (Å²) in [6, 6.07) is 0.0318. The quantitative estimate of drug-likeness (QED) is 0.781. The summed E-state index contributed by atoms with van der Waals surface area (Å²) in [5.74, 6) is 0.694. The largest absolute Gasteiger partial charge is 0.393 e. The molecule has 6 heteroatoms. The second-order valence-corrected chi connectivity index (χ2v) is 7.67. The molecule has 0 bridgehead atoms. The highest BCUT2D eigenvalue weighted by Crippen LogP contribution is 2.23. The molecule has 2 N–H and O–H groups in total. The van der Waals surface area contributed by atoms with Gasteiger partial charge in [-0.2, -0.15) is 0 Å². The van der Waals surface area contributed by atoms with Crippen LogP contribution < -0.4 is 5.32 Å². The number of nitrogens with one attached hydrogen (secondary N) is 1. The zero-order chi connectivity index (χ0) is 15.1. The molecule has 5 nitrogen and oxygen atoms in total. The zero-order valence-electron chi connectivity index (χ0n) is 12.8. The predicted octanol–water partition coefficient (Wildman–Crippen LogP) is 1.48. The summed E-state index contributed by atoms with van der Waals surface area (Å²) in [6.45, 7) is 4.21. The molecule has 0 aromatic rings. The first-order valence-corrected chi connectivity index (χ1v) is 8.89. The topological polar surface area (TPSA) is 69.6 Å². The average Bonchev–Trinajstić information content (AvgIpc) is 2.43. The van der Waals surface area contributed by atoms with Gasteiger partial charge in [-0.3, -0.25) is 4.21 Å². The Hall–Kier alpha value is -0.620. The molecule has 2 amide bonds. The van der Waals surface area contributed by atoms with Gasteiger partial charge in [0.15, 0.2) is 0 Å². The van der Waals surface area contributed by atoms with E-state index in [1.165, 1.54) is 0 Å². The summed E-state index contributed by atoms with van der Waals surface area (Å²) in [7, 11) is 0.971. The minimum atomic E-state index is -0.767. The summed E-state index contributed by atoms with van der Waals surface area (Å²) in [5, 5.41) is 12.5. The molecule has 118 valence electrons. The lowest BCUT2D eigenvalue weighted by molar-refractivity contribution is 0.161. The highest BCUT2D eigenvalue weighted by Gasteiger charge is 2.27. The van der Waals surface area contributed by atoms with Gasteiger partial charge in [0.25, 0.3) is 0 Å². The van der Waals surface area contributed by atoms with Crippen LogP contribution in [0.25, 0.3) is 0 Å². The van der Waals surface area contributed by atoms with Gasteiger partial charge < -0.3 is 15.3 Å². The summed E-state index contributed by atoms with van der Waals surface area (Å²) in [5.41, 5.74) is 0. The third-order valence-corrected chi connectivity index (χ3v) is 5.58. The van der Waals surface area contributed by atoms with Crippen molar-refractivity contribution in [3.05, 3.63) is 0 Å². The van der Waals surface area contributed by atoms with E-state index in [2.05, 4.69) is 5.32 Å². The maximum absolute atomic E-state index is 12.0. The molecule has 0 radical (unpaired) electrons. The second-order valence-electron chi connectivity index (χ2n) is 5.66. The number of aliphatic hydroxyl groups excluding tert-OH is 1. The predicted molar refractivity (Wildman–Crippen MR) is 82.2 cm³/mol. The molecule has 1 aliphatic rings. The molecule has 1 rings (SSSR count). The highest BCUT2D eigenvalue weighted by molar-refractivity contribution is 7.85. The van der Waals surface area contributed by atoms with Crippen molar-refractivity contribution in [3.63, 3.8) is 0 Å². The van der Waals surface area contributed by atoms with Crippen molar-refractivity contribution in [1.82, 2.24) is 10.2 Å². The Morgan fingerprint density at radius 3 is 2.80 bits per heavy atom. The standard InChI is InChI=1S/C14H28N2O3S/c1-4-20(19)13-7-5-6-12(10-13)15-14(18)16(3)9-8-11(2)17/h11-13,17H,4-10H2,1-3H3,(H,15,18). The Kier molecular flexibility index (Phi) is 7.51. The maximum atomic E-state index is 12.0. The van der Waals surface area contributed by atoms with Crippen LogP contribution in [0.4, 0.5) is 4.79 Å². The SMILES string of the molecule is CCS(=O)C1CCCC(NC(=O)N(C)CCC(C)O)C1. The summed E-state index contributed by atoms with van der Waals surface area (Å²) < 4.78 is 11.9. The fourth-order valence-corrected chi connectivity index (χ4v) is 3.87. The van der Waals surface area contributed by atoms with E-state index >= 15 is 0 Å². The molecule has 4 atom stereocenters. The number of urea groups is 1. The van der Waals surface area contributed by atoms with E-state index in [1.54, 1.807) is 18.9 Å². The molecular formula is C14H28N2O3S. The van der Waals surface area contributed by atoms with Crippen LogP contribution in [0, 0.1) is 0 Å². The van der Waals surface area contributed by atoms with E-state index in [4.69, 9.17) is 0 Å². The first kappa shape index (κ1) is 17.4. The van der Waals surface area contributed by atoms with E-state index < -0.39 is 16.9 Å². The molecule has 0 heterocycles. The third kappa shape index (κ3) is 5.79. The van der Waals surface area contributed by atoms with Crippen LogP contribution in [0.2, 0.25) is 0 Å². The summed E-state index contributed by atoms with van der Waals surface area (Å²) in [4.78, 5) is 13.6. The Bertz CT molecular complexity index is 336. The first-order valence-electron chi connectivity index (χ1n) is 7.50. The van der Waals surface area contributed by atoms with Crippen molar-refractivity contribution in [2.45, 2.75) is 63.3 Å². The number of amides is 2. The lowest BCUT2D eigenvalue weighted by Gasteiger charge is -2.30. The molecule has 0 aromatic carbocycles. The molecule has 0 spiro atoms. The maximum Gasteiger partial charge on any atom is 0.317 e. The Morgan fingerprint density at radius 1 is 1.50 bits per heavy atom. The van der Waals surface area contributed by atoms with Crippen LogP contribution in [0.3, 0.4) is 0 Å². The zero-order valence-corrected chi connectivity index (χ0v) is 13.6. The van der Waals surface area contributed by atoms with Crippen molar-refractivity contribution in [2.75, 3.05) is 19.3 Å². The average molecular weight is 304 g/mol. The minimum Gasteiger partial charge on any atom is -0.393 e. The summed E-state index contributed by atoms with van der Waals surface area (Å²) in [6.07, 6.45) is 4.00. The van der Waals surface area contributed by atoms with Crippen LogP contribution in [-0.4, -0.2) is 57.0 Å². The normalized spacial score (nSPS) is 25.8. The molecule has 1 fully saturated rings. The van der Waals surface area contributed by atoms with E-state index in [0.29, 0.717) is 18.7 Å². The molecule has 0 aromatic heterocycles. The van der Waals surface area contributed by atoms with Crippen LogP contribution in [0.1, 0.15) is 46.0 Å². The highest BCUT2D eigenvalue weighted by atomic mass is 32.2. The monoisotopic (exact) mass is 304 g/mol. The molecule has 20 heavy (non-hydrogen) atoms. The third-order valence-electron chi connectivity index (χ3n) is 3.84.